The van der Waals surface area contributed by atoms with Crippen LogP contribution in [0.5, 0.6) is 0 Å². The number of fused-ring (bicyclic) bond motifs is 1. The van der Waals surface area contributed by atoms with Gasteiger partial charge in [0.2, 0.25) is 0 Å². The van der Waals surface area contributed by atoms with Gasteiger partial charge in [-0.1, -0.05) is 113 Å². The van der Waals surface area contributed by atoms with Gasteiger partial charge in [0.15, 0.2) is 0 Å². The van der Waals surface area contributed by atoms with Crippen molar-refractivity contribution in [1.29, 1.82) is 0 Å². The Morgan fingerprint density at radius 1 is 0.750 bits per heavy atom. The summed E-state index contributed by atoms with van der Waals surface area (Å²) >= 11 is 0. The Labute approximate surface area is 199 Å². The van der Waals surface area contributed by atoms with E-state index in [0.717, 1.165) is 29.6 Å². The predicted molar refractivity (Wildman–Crippen MR) is 140 cm³/mol. The molecular formula is C32H50. The van der Waals surface area contributed by atoms with E-state index in [1.807, 2.05) is 5.57 Å². The predicted octanol–water partition coefficient (Wildman–Crippen LogP) is 9.93. The zero-order chi connectivity index (χ0) is 22.0. The zero-order valence-electron chi connectivity index (χ0n) is 21.1. The lowest BCUT2D eigenvalue weighted by molar-refractivity contribution is 0.141. The van der Waals surface area contributed by atoms with Crippen molar-refractivity contribution in [2.75, 3.05) is 0 Å². The fourth-order valence-corrected chi connectivity index (χ4v) is 7.56. The van der Waals surface area contributed by atoms with E-state index in [2.05, 4.69) is 43.3 Å². The third-order valence-corrected chi connectivity index (χ3v) is 9.66. The number of benzene rings is 1. The van der Waals surface area contributed by atoms with Gasteiger partial charge in [0, 0.05) is 0 Å². The van der Waals surface area contributed by atoms with E-state index in [4.69, 9.17) is 0 Å². The van der Waals surface area contributed by atoms with Gasteiger partial charge in [0.1, 0.15) is 0 Å². The molecule has 0 radical (unpaired) electrons. The summed E-state index contributed by atoms with van der Waals surface area (Å²) in [6.45, 7) is 2.32. The lowest BCUT2D eigenvalue weighted by Crippen LogP contribution is -2.28. The Kier molecular flexibility index (Phi) is 9.79. The van der Waals surface area contributed by atoms with Gasteiger partial charge in [0.05, 0.1) is 0 Å². The number of hydrogen-bond acceptors (Lipinski definition) is 0. The quantitative estimate of drug-likeness (QED) is 0.254. The van der Waals surface area contributed by atoms with Crippen LogP contribution in [0.1, 0.15) is 122 Å². The minimum atomic E-state index is 0.936. The van der Waals surface area contributed by atoms with Crippen LogP contribution in [0, 0.1) is 29.6 Å². The second-order valence-electron chi connectivity index (χ2n) is 11.7. The van der Waals surface area contributed by atoms with Gasteiger partial charge in [-0.25, -0.2) is 0 Å². The van der Waals surface area contributed by atoms with Crippen molar-refractivity contribution in [1.82, 2.24) is 0 Å². The van der Waals surface area contributed by atoms with Gasteiger partial charge >= 0.3 is 0 Å². The first-order valence-corrected chi connectivity index (χ1v) is 14.5. The van der Waals surface area contributed by atoms with Crippen LogP contribution in [0.25, 0.3) is 0 Å². The van der Waals surface area contributed by atoms with Crippen LogP contribution in [0.15, 0.2) is 42.0 Å². The fourth-order valence-electron chi connectivity index (χ4n) is 7.56. The van der Waals surface area contributed by atoms with Crippen molar-refractivity contribution in [3.63, 3.8) is 0 Å². The average molecular weight is 435 g/mol. The SMILES string of the molecule is CC=C(CCCCCC1CCC(CCc2ccccc2)CC1)C1CCC2CCCCC2C1. The molecule has 3 aliphatic carbocycles. The highest BCUT2D eigenvalue weighted by atomic mass is 14.4. The van der Waals surface area contributed by atoms with Crippen LogP contribution in [-0.4, -0.2) is 0 Å². The highest BCUT2D eigenvalue weighted by Gasteiger charge is 2.33. The molecule has 32 heavy (non-hydrogen) atoms. The number of rotatable bonds is 10. The maximum atomic E-state index is 2.50. The summed E-state index contributed by atoms with van der Waals surface area (Å²) in [7, 11) is 0. The number of aryl methyl sites for hydroxylation is 1. The molecule has 3 aliphatic rings. The van der Waals surface area contributed by atoms with E-state index in [1.165, 1.54) is 121 Å². The molecule has 4 rings (SSSR count). The van der Waals surface area contributed by atoms with E-state index in [9.17, 15) is 0 Å². The van der Waals surface area contributed by atoms with Crippen LogP contribution in [0.2, 0.25) is 0 Å². The summed E-state index contributed by atoms with van der Waals surface area (Å²) < 4.78 is 0. The Morgan fingerprint density at radius 2 is 1.47 bits per heavy atom. The Hall–Kier alpha value is -1.04. The van der Waals surface area contributed by atoms with Crippen molar-refractivity contribution >= 4 is 0 Å². The van der Waals surface area contributed by atoms with Crippen molar-refractivity contribution < 1.29 is 0 Å². The van der Waals surface area contributed by atoms with E-state index in [1.54, 1.807) is 0 Å². The minimum Gasteiger partial charge on any atom is -0.0882 e. The molecule has 3 fully saturated rings. The number of unbranched alkanes of at least 4 members (excludes halogenated alkanes) is 2. The first-order chi connectivity index (χ1) is 15.8. The summed E-state index contributed by atoms with van der Waals surface area (Å²) in [5.74, 6) is 5.12. The molecule has 178 valence electrons. The van der Waals surface area contributed by atoms with Crippen molar-refractivity contribution in [3.8, 4) is 0 Å². The van der Waals surface area contributed by atoms with Gasteiger partial charge in [0.25, 0.3) is 0 Å². The first kappa shape index (κ1) is 24.1. The Balaban J connectivity index is 1.06. The van der Waals surface area contributed by atoms with E-state index < -0.39 is 0 Å². The number of allylic oxidation sites excluding steroid dienone is 2. The molecule has 1 aromatic rings. The van der Waals surface area contributed by atoms with Crippen LogP contribution in [0.4, 0.5) is 0 Å². The maximum Gasteiger partial charge on any atom is -0.0201 e. The standard InChI is InChI=1S/C32H50/c1-2-29(32-24-23-30-15-9-10-16-31(30)25-32)14-8-4-7-13-27-18-21-28(22-19-27)20-17-26-11-5-3-6-12-26/h2-3,5-6,11-12,27-28,30-32H,4,7-10,13-25H2,1H3. The molecule has 3 saturated carbocycles. The van der Waals surface area contributed by atoms with E-state index in [0.29, 0.717) is 0 Å². The van der Waals surface area contributed by atoms with Gasteiger partial charge < -0.3 is 0 Å². The molecule has 3 atom stereocenters. The average Bonchev–Trinajstić information content (AvgIpc) is 2.86. The molecule has 0 heterocycles. The summed E-state index contributed by atoms with van der Waals surface area (Å²) in [5.41, 5.74) is 3.36. The van der Waals surface area contributed by atoms with Gasteiger partial charge in [-0.15, -0.1) is 0 Å². The summed E-state index contributed by atoms with van der Waals surface area (Å²) in [6.07, 6.45) is 29.1. The molecule has 0 N–H and O–H groups in total. The van der Waals surface area contributed by atoms with E-state index in [-0.39, 0.29) is 0 Å². The van der Waals surface area contributed by atoms with Crippen LogP contribution < -0.4 is 0 Å². The minimum absolute atomic E-state index is 0.936. The maximum absolute atomic E-state index is 2.50. The Bertz CT molecular complexity index is 663. The molecule has 0 nitrogen and oxygen atoms in total. The summed E-state index contributed by atoms with van der Waals surface area (Å²) in [6, 6.07) is 11.1. The molecule has 0 aromatic heterocycles. The topological polar surface area (TPSA) is 0 Å². The third-order valence-electron chi connectivity index (χ3n) is 9.66. The van der Waals surface area contributed by atoms with Crippen molar-refractivity contribution in [3.05, 3.63) is 47.5 Å². The molecule has 0 heteroatoms. The normalized spacial score (nSPS) is 31.3. The van der Waals surface area contributed by atoms with Crippen LogP contribution in [-0.2, 0) is 6.42 Å². The fraction of sp³-hybridized carbons (Fsp3) is 0.750. The number of hydrogen-bond donors (Lipinski definition) is 0. The second-order valence-corrected chi connectivity index (χ2v) is 11.7. The molecular weight excluding hydrogens is 384 g/mol. The smallest absolute Gasteiger partial charge is 0.0201 e. The monoisotopic (exact) mass is 434 g/mol. The summed E-state index contributed by atoms with van der Waals surface area (Å²) in [5, 5.41) is 0. The molecule has 3 unspecified atom stereocenters. The van der Waals surface area contributed by atoms with Gasteiger partial charge in [-0.2, -0.15) is 0 Å². The van der Waals surface area contributed by atoms with E-state index >= 15 is 0 Å². The largest absolute Gasteiger partial charge is 0.0882 e. The highest BCUT2D eigenvalue weighted by Crippen LogP contribution is 2.45. The molecule has 0 aliphatic heterocycles. The first-order valence-electron chi connectivity index (χ1n) is 14.5. The molecule has 0 spiro atoms. The highest BCUT2D eigenvalue weighted by molar-refractivity contribution is 5.14. The lowest BCUT2D eigenvalue weighted by atomic mass is 9.65. The molecule has 1 aromatic carbocycles. The van der Waals surface area contributed by atoms with Crippen molar-refractivity contribution in [2.45, 2.75) is 122 Å². The lowest BCUT2D eigenvalue weighted by Gasteiger charge is -2.40. The molecule has 0 saturated heterocycles. The zero-order valence-corrected chi connectivity index (χ0v) is 21.1. The molecule has 0 amide bonds. The van der Waals surface area contributed by atoms with Crippen LogP contribution >= 0.6 is 0 Å². The van der Waals surface area contributed by atoms with Gasteiger partial charge in [-0.3, -0.25) is 0 Å². The second kappa shape index (κ2) is 13.0. The summed E-state index contributed by atoms with van der Waals surface area (Å²) in [4.78, 5) is 0. The van der Waals surface area contributed by atoms with Gasteiger partial charge in [-0.05, 0) is 87.0 Å². The molecule has 0 bridgehead atoms. The third kappa shape index (κ3) is 7.23. The Morgan fingerprint density at radius 3 is 2.22 bits per heavy atom. The van der Waals surface area contributed by atoms with Crippen LogP contribution in [0.3, 0.4) is 0 Å². The van der Waals surface area contributed by atoms with Crippen molar-refractivity contribution in [2.24, 2.45) is 29.6 Å².